The summed E-state index contributed by atoms with van der Waals surface area (Å²) in [6.07, 6.45) is 4.01. The average Bonchev–Trinajstić information content (AvgIpc) is 2.92. The van der Waals surface area contributed by atoms with Crippen LogP contribution < -0.4 is 5.32 Å². The van der Waals surface area contributed by atoms with Crippen molar-refractivity contribution < 1.29 is 14.3 Å². The Morgan fingerprint density at radius 2 is 2.39 bits per heavy atom. The van der Waals surface area contributed by atoms with E-state index in [9.17, 15) is 4.79 Å². The summed E-state index contributed by atoms with van der Waals surface area (Å²) in [7, 11) is 1.32. The Morgan fingerprint density at radius 3 is 2.94 bits per heavy atom. The Balaban J connectivity index is 1.95. The Bertz CT molecular complexity index is 402. The fourth-order valence-corrected chi connectivity index (χ4v) is 1.91. The van der Waals surface area contributed by atoms with Crippen molar-refractivity contribution in [2.45, 2.75) is 19.4 Å². The number of carbonyl (C=O) groups is 1. The second-order valence-electron chi connectivity index (χ2n) is 4.34. The number of hydrogen-bond acceptors (Lipinski definition) is 6. The van der Waals surface area contributed by atoms with Gasteiger partial charge in [-0.15, -0.1) is 0 Å². The van der Waals surface area contributed by atoms with E-state index in [0.717, 1.165) is 19.6 Å². The zero-order chi connectivity index (χ0) is 13.0. The molecule has 98 valence electrons. The molecule has 6 heteroatoms. The van der Waals surface area contributed by atoms with E-state index in [1.807, 2.05) is 0 Å². The Labute approximate surface area is 106 Å². The van der Waals surface area contributed by atoms with E-state index < -0.39 is 5.97 Å². The predicted molar refractivity (Wildman–Crippen MR) is 65.4 cm³/mol. The molecule has 0 radical (unpaired) electrons. The van der Waals surface area contributed by atoms with Crippen molar-refractivity contribution in [2.75, 3.05) is 25.6 Å². The number of esters is 1. The lowest BCUT2D eigenvalue weighted by Gasteiger charge is -2.19. The first-order chi connectivity index (χ1) is 8.70. The van der Waals surface area contributed by atoms with Crippen molar-refractivity contribution in [3.63, 3.8) is 0 Å². The molecule has 0 spiro atoms. The maximum atomic E-state index is 11.2. The van der Waals surface area contributed by atoms with Crippen molar-refractivity contribution in [3.8, 4) is 0 Å². The van der Waals surface area contributed by atoms with Gasteiger partial charge >= 0.3 is 5.97 Å². The van der Waals surface area contributed by atoms with Crippen LogP contribution in [0.25, 0.3) is 0 Å². The van der Waals surface area contributed by atoms with E-state index in [-0.39, 0.29) is 11.7 Å². The third-order valence-corrected chi connectivity index (χ3v) is 3.09. The van der Waals surface area contributed by atoms with Crippen LogP contribution in [0, 0.1) is 5.92 Å². The van der Waals surface area contributed by atoms with Gasteiger partial charge in [0.2, 0.25) is 0 Å². The topological polar surface area (TPSA) is 73.3 Å². The molecular formula is C12H17N3O3. The van der Waals surface area contributed by atoms with Gasteiger partial charge in [0, 0.05) is 18.6 Å². The summed E-state index contributed by atoms with van der Waals surface area (Å²) in [6, 6.07) is 0.269. The Kier molecular flexibility index (Phi) is 4.09. The minimum absolute atomic E-state index is 0.208. The molecule has 6 nitrogen and oxygen atoms in total. The number of anilines is 1. The van der Waals surface area contributed by atoms with Crippen LogP contribution in [0.15, 0.2) is 12.4 Å². The molecule has 0 aliphatic carbocycles. The van der Waals surface area contributed by atoms with Crippen LogP contribution in [0.1, 0.15) is 23.8 Å². The lowest BCUT2D eigenvalue weighted by atomic mass is 10.0. The number of nitrogens with zero attached hydrogens (tertiary/aromatic N) is 2. The third kappa shape index (κ3) is 2.95. The molecule has 1 aromatic rings. The fraction of sp³-hybridized carbons (Fsp3) is 0.583. The van der Waals surface area contributed by atoms with E-state index in [4.69, 9.17) is 4.74 Å². The molecule has 1 saturated heterocycles. The number of ether oxygens (including phenoxy) is 2. The van der Waals surface area contributed by atoms with Crippen molar-refractivity contribution in [1.29, 1.82) is 0 Å². The summed E-state index contributed by atoms with van der Waals surface area (Å²) in [5.74, 6) is 0.667. The van der Waals surface area contributed by atoms with Crippen LogP contribution in [0.3, 0.4) is 0 Å². The maximum absolute atomic E-state index is 11.2. The molecule has 1 fully saturated rings. The summed E-state index contributed by atoms with van der Waals surface area (Å²) in [5, 5.41) is 3.26. The molecule has 2 atom stereocenters. The molecule has 1 aromatic heterocycles. The van der Waals surface area contributed by atoms with Gasteiger partial charge < -0.3 is 14.8 Å². The van der Waals surface area contributed by atoms with E-state index in [0.29, 0.717) is 11.7 Å². The van der Waals surface area contributed by atoms with Gasteiger partial charge in [-0.3, -0.25) is 0 Å². The minimum Gasteiger partial charge on any atom is -0.464 e. The van der Waals surface area contributed by atoms with Crippen LogP contribution in [0.2, 0.25) is 0 Å². The molecule has 2 heterocycles. The highest BCUT2D eigenvalue weighted by molar-refractivity contribution is 5.86. The average molecular weight is 251 g/mol. The first-order valence-electron chi connectivity index (χ1n) is 5.95. The summed E-state index contributed by atoms with van der Waals surface area (Å²) in [4.78, 5) is 19.3. The van der Waals surface area contributed by atoms with Crippen molar-refractivity contribution >= 4 is 11.8 Å². The summed E-state index contributed by atoms with van der Waals surface area (Å²) >= 11 is 0. The molecule has 2 rings (SSSR count). The van der Waals surface area contributed by atoms with Crippen molar-refractivity contribution in [1.82, 2.24) is 9.97 Å². The number of hydrogen-bond donors (Lipinski definition) is 1. The Morgan fingerprint density at radius 1 is 1.56 bits per heavy atom. The molecule has 0 amide bonds. The van der Waals surface area contributed by atoms with Crippen molar-refractivity contribution in [3.05, 3.63) is 18.1 Å². The highest BCUT2D eigenvalue weighted by Gasteiger charge is 2.22. The van der Waals surface area contributed by atoms with Gasteiger partial charge in [0.1, 0.15) is 5.82 Å². The van der Waals surface area contributed by atoms with Gasteiger partial charge in [-0.1, -0.05) is 0 Å². The van der Waals surface area contributed by atoms with Gasteiger partial charge in [0.25, 0.3) is 0 Å². The van der Waals surface area contributed by atoms with Crippen LogP contribution >= 0.6 is 0 Å². The molecule has 0 aromatic carbocycles. The number of rotatable bonds is 4. The maximum Gasteiger partial charge on any atom is 0.358 e. The van der Waals surface area contributed by atoms with Gasteiger partial charge in [-0.2, -0.15) is 0 Å². The molecule has 0 saturated carbocycles. The minimum atomic E-state index is -0.480. The molecule has 18 heavy (non-hydrogen) atoms. The summed E-state index contributed by atoms with van der Waals surface area (Å²) < 4.78 is 9.90. The first-order valence-corrected chi connectivity index (χ1v) is 5.95. The van der Waals surface area contributed by atoms with E-state index >= 15 is 0 Å². The zero-order valence-electron chi connectivity index (χ0n) is 10.5. The Hall–Kier alpha value is -1.69. The van der Waals surface area contributed by atoms with Crippen LogP contribution in [-0.4, -0.2) is 42.3 Å². The third-order valence-electron chi connectivity index (χ3n) is 3.09. The van der Waals surface area contributed by atoms with E-state index in [1.54, 1.807) is 6.20 Å². The van der Waals surface area contributed by atoms with E-state index in [1.165, 1.54) is 13.3 Å². The SMILES string of the molecule is COC(=O)c1cnc(NC(C)C2CCOC2)cn1. The second kappa shape index (κ2) is 5.77. The monoisotopic (exact) mass is 251 g/mol. The molecule has 0 bridgehead atoms. The highest BCUT2D eigenvalue weighted by atomic mass is 16.5. The second-order valence-corrected chi connectivity index (χ2v) is 4.34. The molecule has 1 aliphatic rings. The smallest absolute Gasteiger partial charge is 0.358 e. The standard InChI is InChI=1S/C12H17N3O3/c1-8(9-3-4-18-7-9)15-11-6-13-10(5-14-11)12(16)17-2/h5-6,8-9H,3-4,7H2,1-2H3,(H,14,15). The largest absolute Gasteiger partial charge is 0.464 e. The normalized spacial score (nSPS) is 20.4. The molecule has 1 aliphatic heterocycles. The van der Waals surface area contributed by atoms with Crippen LogP contribution in [0.5, 0.6) is 0 Å². The van der Waals surface area contributed by atoms with E-state index in [2.05, 4.69) is 26.9 Å². The van der Waals surface area contributed by atoms with Gasteiger partial charge in [-0.25, -0.2) is 14.8 Å². The fourth-order valence-electron chi connectivity index (χ4n) is 1.91. The van der Waals surface area contributed by atoms with Gasteiger partial charge in [0.15, 0.2) is 5.69 Å². The summed E-state index contributed by atoms with van der Waals surface area (Å²) in [6.45, 7) is 3.70. The number of methoxy groups -OCH3 is 1. The molecular weight excluding hydrogens is 234 g/mol. The highest BCUT2D eigenvalue weighted by Crippen LogP contribution is 2.19. The lowest BCUT2D eigenvalue weighted by Crippen LogP contribution is -2.26. The molecule has 2 unspecified atom stereocenters. The van der Waals surface area contributed by atoms with Crippen molar-refractivity contribution in [2.24, 2.45) is 5.92 Å². The van der Waals surface area contributed by atoms with Gasteiger partial charge in [-0.05, 0) is 13.3 Å². The predicted octanol–water partition coefficient (Wildman–Crippen LogP) is 1.10. The van der Waals surface area contributed by atoms with Gasteiger partial charge in [0.05, 0.1) is 26.1 Å². The number of carbonyl (C=O) groups excluding carboxylic acids is 1. The first kappa shape index (κ1) is 12.8. The summed E-state index contributed by atoms with van der Waals surface area (Å²) in [5.41, 5.74) is 0.208. The lowest BCUT2D eigenvalue weighted by molar-refractivity contribution is 0.0593. The molecule has 1 N–H and O–H groups in total. The quantitative estimate of drug-likeness (QED) is 0.808. The number of aromatic nitrogens is 2. The number of nitrogens with one attached hydrogen (secondary N) is 1. The van der Waals surface area contributed by atoms with Crippen LogP contribution in [-0.2, 0) is 9.47 Å². The zero-order valence-corrected chi connectivity index (χ0v) is 10.5. The van der Waals surface area contributed by atoms with Crippen LogP contribution in [0.4, 0.5) is 5.82 Å².